The number of carbonyl (C=O) groups excluding carboxylic acids is 1. The molecule has 3 nitrogen and oxygen atoms in total. The van der Waals surface area contributed by atoms with Gasteiger partial charge in [0.25, 0.3) is 5.91 Å². The molecule has 16 heavy (non-hydrogen) atoms. The molecule has 1 aromatic carbocycles. The quantitative estimate of drug-likeness (QED) is 0.852. The summed E-state index contributed by atoms with van der Waals surface area (Å²) in [6.07, 6.45) is 0. The minimum atomic E-state index is -0.402. The average Bonchev–Trinajstić information content (AvgIpc) is 2.16. The van der Waals surface area contributed by atoms with E-state index in [0.717, 1.165) is 5.56 Å². The van der Waals surface area contributed by atoms with Gasteiger partial charge in [-0.15, -0.1) is 12.4 Å². The highest BCUT2D eigenvalue weighted by molar-refractivity contribution is 5.94. The van der Waals surface area contributed by atoms with Crippen LogP contribution in [0.5, 0.6) is 0 Å². The summed E-state index contributed by atoms with van der Waals surface area (Å²) >= 11 is 0. The average molecular weight is 247 g/mol. The SMILES string of the molecule is Cc1cc(F)cc(C(=O)N[C@@H](C)CN)c1.Cl. The van der Waals surface area contributed by atoms with Crippen molar-refractivity contribution >= 4 is 18.3 Å². The molecule has 0 spiro atoms. The van der Waals surface area contributed by atoms with Crippen molar-refractivity contribution in [2.45, 2.75) is 19.9 Å². The Hall–Kier alpha value is -1.13. The van der Waals surface area contributed by atoms with Crippen LogP contribution < -0.4 is 11.1 Å². The Bertz CT molecular complexity index is 351. The minimum absolute atomic E-state index is 0. The van der Waals surface area contributed by atoms with E-state index in [4.69, 9.17) is 5.73 Å². The van der Waals surface area contributed by atoms with Crippen LogP contribution in [0.2, 0.25) is 0 Å². The van der Waals surface area contributed by atoms with Crippen molar-refractivity contribution in [3.8, 4) is 0 Å². The van der Waals surface area contributed by atoms with Crippen molar-refractivity contribution in [2.24, 2.45) is 5.73 Å². The second-order valence-corrected chi connectivity index (χ2v) is 3.63. The van der Waals surface area contributed by atoms with Crippen LogP contribution >= 0.6 is 12.4 Å². The Kier molecular flexibility index (Phi) is 6.00. The molecule has 0 aliphatic heterocycles. The molecule has 0 saturated heterocycles. The summed E-state index contributed by atoms with van der Waals surface area (Å²) < 4.78 is 13.0. The number of halogens is 2. The third kappa shape index (κ3) is 4.16. The molecular weight excluding hydrogens is 231 g/mol. The first-order chi connectivity index (χ1) is 7.02. The zero-order chi connectivity index (χ0) is 11.4. The maximum atomic E-state index is 13.0. The van der Waals surface area contributed by atoms with E-state index in [1.165, 1.54) is 12.1 Å². The van der Waals surface area contributed by atoms with E-state index in [0.29, 0.717) is 12.1 Å². The number of carbonyl (C=O) groups is 1. The Morgan fingerprint density at radius 3 is 2.62 bits per heavy atom. The third-order valence-corrected chi connectivity index (χ3v) is 2.04. The van der Waals surface area contributed by atoms with Crippen LogP contribution in [-0.4, -0.2) is 18.5 Å². The maximum Gasteiger partial charge on any atom is 0.251 e. The van der Waals surface area contributed by atoms with Gasteiger partial charge in [-0.25, -0.2) is 4.39 Å². The molecule has 90 valence electrons. The fourth-order valence-electron chi connectivity index (χ4n) is 1.23. The van der Waals surface area contributed by atoms with Crippen LogP contribution in [0, 0.1) is 12.7 Å². The highest BCUT2D eigenvalue weighted by Crippen LogP contribution is 2.08. The first-order valence-electron chi connectivity index (χ1n) is 4.81. The van der Waals surface area contributed by atoms with Gasteiger partial charge in [-0.3, -0.25) is 4.79 Å². The largest absolute Gasteiger partial charge is 0.348 e. The molecule has 0 saturated carbocycles. The van der Waals surface area contributed by atoms with Gasteiger partial charge >= 0.3 is 0 Å². The minimum Gasteiger partial charge on any atom is -0.348 e. The lowest BCUT2D eigenvalue weighted by Gasteiger charge is -2.11. The van der Waals surface area contributed by atoms with Crippen molar-refractivity contribution in [3.05, 3.63) is 35.1 Å². The lowest BCUT2D eigenvalue weighted by Crippen LogP contribution is -2.37. The van der Waals surface area contributed by atoms with Crippen molar-refractivity contribution in [1.29, 1.82) is 0 Å². The Labute approximate surface area is 101 Å². The number of nitrogens with two attached hydrogens (primary N) is 1. The molecule has 0 unspecified atom stereocenters. The van der Waals surface area contributed by atoms with Crippen LogP contribution in [0.1, 0.15) is 22.8 Å². The molecule has 3 N–H and O–H groups in total. The van der Waals surface area contributed by atoms with Gasteiger partial charge in [-0.1, -0.05) is 0 Å². The normalized spacial score (nSPS) is 11.5. The van der Waals surface area contributed by atoms with Gasteiger partial charge in [-0.2, -0.15) is 0 Å². The number of hydrogen-bond donors (Lipinski definition) is 2. The summed E-state index contributed by atoms with van der Waals surface area (Å²) in [4.78, 5) is 11.6. The summed E-state index contributed by atoms with van der Waals surface area (Å²) in [7, 11) is 0. The molecule has 1 aromatic rings. The van der Waals surface area contributed by atoms with E-state index >= 15 is 0 Å². The van der Waals surface area contributed by atoms with Crippen LogP contribution in [-0.2, 0) is 0 Å². The fourth-order valence-corrected chi connectivity index (χ4v) is 1.23. The monoisotopic (exact) mass is 246 g/mol. The van der Waals surface area contributed by atoms with Gasteiger partial charge in [-0.05, 0) is 37.6 Å². The molecule has 5 heteroatoms. The Balaban J connectivity index is 0.00000225. The van der Waals surface area contributed by atoms with Crippen LogP contribution in [0.3, 0.4) is 0 Å². The van der Waals surface area contributed by atoms with Gasteiger partial charge in [0.15, 0.2) is 0 Å². The number of rotatable bonds is 3. The molecule has 1 rings (SSSR count). The van der Waals surface area contributed by atoms with Gasteiger partial charge < -0.3 is 11.1 Å². The summed E-state index contributed by atoms with van der Waals surface area (Å²) in [5, 5.41) is 2.67. The Morgan fingerprint density at radius 2 is 2.12 bits per heavy atom. The molecule has 0 aromatic heterocycles. The molecule has 0 radical (unpaired) electrons. The predicted molar refractivity (Wildman–Crippen MR) is 64.4 cm³/mol. The molecule has 0 aliphatic carbocycles. The first-order valence-corrected chi connectivity index (χ1v) is 4.81. The predicted octanol–water partition coefficient (Wildman–Crippen LogP) is 1.63. The number of nitrogens with one attached hydrogen (secondary N) is 1. The summed E-state index contributed by atoms with van der Waals surface area (Å²) in [6, 6.07) is 4.12. The smallest absolute Gasteiger partial charge is 0.251 e. The van der Waals surface area contributed by atoms with Crippen molar-refractivity contribution in [3.63, 3.8) is 0 Å². The van der Waals surface area contributed by atoms with Crippen molar-refractivity contribution in [2.75, 3.05) is 6.54 Å². The van der Waals surface area contributed by atoms with E-state index < -0.39 is 5.82 Å². The molecular formula is C11H16ClFN2O. The zero-order valence-corrected chi connectivity index (χ0v) is 10.1. The summed E-state index contributed by atoms with van der Waals surface area (Å²) in [5.74, 6) is -0.698. The topological polar surface area (TPSA) is 55.1 Å². The second-order valence-electron chi connectivity index (χ2n) is 3.63. The van der Waals surface area contributed by atoms with Gasteiger partial charge in [0, 0.05) is 18.2 Å². The number of amides is 1. The van der Waals surface area contributed by atoms with Crippen LogP contribution in [0.15, 0.2) is 18.2 Å². The first kappa shape index (κ1) is 14.9. The maximum absolute atomic E-state index is 13.0. The van der Waals surface area contributed by atoms with E-state index in [1.807, 2.05) is 0 Å². The summed E-state index contributed by atoms with van der Waals surface area (Å²) in [5.41, 5.74) is 6.42. The third-order valence-electron chi connectivity index (χ3n) is 2.04. The highest BCUT2D eigenvalue weighted by atomic mass is 35.5. The molecule has 0 bridgehead atoms. The lowest BCUT2D eigenvalue weighted by molar-refractivity contribution is 0.0940. The molecule has 0 heterocycles. The molecule has 0 fully saturated rings. The lowest BCUT2D eigenvalue weighted by atomic mass is 10.1. The van der Waals surface area contributed by atoms with Crippen molar-refractivity contribution < 1.29 is 9.18 Å². The van der Waals surface area contributed by atoms with E-state index in [1.54, 1.807) is 19.9 Å². The Morgan fingerprint density at radius 1 is 1.50 bits per heavy atom. The number of benzene rings is 1. The van der Waals surface area contributed by atoms with E-state index in [9.17, 15) is 9.18 Å². The zero-order valence-electron chi connectivity index (χ0n) is 9.29. The standard InChI is InChI=1S/C11H15FN2O.ClH/c1-7-3-9(5-10(12)4-7)11(15)14-8(2)6-13;/h3-5,8H,6,13H2,1-2H3,(H,14,15);1H/t8-;/m0./s1. The number of hydrogen-bond acceptors (Lipinski definition) is 2. The summed E-state index contributed by atoms with van der Waals surface area (Å²) in [6.45, 7) is 3.90. The van der Waals surface area contributed by atoms with Crippen LogP contribution in [0.4, 0.5) is 4.39 Å². The van der Waals surface area contributed by atoms with E-state index in [2.05, 4.69) is 5.32 Å². The van der Waals surface area contributed by atoms with Gasteiger partial charge in [0.2, 0.25) is 0 Å². The van der Waals surface area contributed by atoms with Gasteiger partial charge in [0.1, 0.15) is 5.82 Å². The fraction of sp³-hybridized carbons (Fsp3) is 0.364. The molecule has 1 amide bonds. The second kappa shape index (κ2) is 6.45. The highest BCUT2D eigenvalue weighted by Gasteiger charge is 2.09. The van der Waals surface area contributed by atoms with E-state index in [-0.39, 0.29) is 24.4 Å². The molecule has 1 atom stereocenters. The van der Waals surface area contributed by atoms with Crippen LogP contribution in [0.25, 0.3) is 0 Å². The van der Waals surface area contributed by atoms with Gasteiger partial charge in [0.05, 0.1) is 0 Å². The van der Waals surface area contributed by atoms with Crippen molar-refractivity contribution in [1.82, 2.24) is 5.32 Å². The molecule has 0 aliphatic rings. The number of aryl methyl sites for hydroxylation is 1.